The molecule has 4 rings (SSSR count). The molecule has 0 bridgehead atoms. The molecular formula is C28H29NO4. The Morgan fingerprint density at radius 2 is 1.48 bits per heavy atom. The van der Waals surface area contributed by atoms with Crippen LogP contribution >= 0.6 is 0 Å². The predicted molar refractivity (Wildman–Crippen MR) is 129 cm³/mol. The number of carboxylic acids is 1. The molecule has 5 heteroatoms. The minimum Gasteiger partial charge on any atom is -0.481 e. The van der Waals surface area contributed by atoms with E-state index in [9.17, 15) is 19.8 Å². The van der Waals surface area contributed by atoms with Gasteiger partial charge in [0.05, 0.1) is 6.42 Å². The Balaban J connectivity index is 1.62. The third kappa shape index (κ3) is 4.41. The van der Waals surface area contributed by atoms with E-state index in [0.29, 0.717) is 22.4 Å². The van der Waals surface area contributed by atoms with Crippen LogP contribution in [0.15, 0.2) is 66.7 Å². The number of carbonyl (C=O) groups is 2. The summed E-state index contributed by atoms with van der Waals surface area (Å²) in [6.07, 6.45) is 5.10. The fourth-order valence-corrected chi connectivity index (χ4v) is 4.70. The highest BCUT2D eigenvalue weighted by atomic mass is 16.4. The van der Waals surface area contributed by atoms with E-state index < -0.39 is 17.5 Å². The first kappa shape index (κ1) is 22.7. The number of nitrogens with one attached hydrogen (secondary N) is 1. The Bertz CT molecular complexity index is 1140. The van der Waals surface area contributed by atoms with E-state index in [4.69, 9.17) is 0 Å². The molecule has 0 aliphatic heterocycles. The second kappa shape index (κ2) is 9.59. The summed E-state index contributed by atoms with van der Waals surface area (Å²) in [5.41, 5.74) is 3.09. The lowest BCUT2D eigenvalue weighted by atomic mass is 9.90. The van der Waals surface area contributed by atoms with Crippen LogP contribution in [0, 0.1) is 0 Å². The van der Waals surface area contributed by atoms with Gasteiger partial charge in [-0.1, -0.05) is 80.8 Å². The van der Waals surface area contributed by atoms with Crippen LogP contribution in [0.3, 0.4) is 0 Å². The monoisotopic (exact) mass is 443 g/mol. The Morgan fingerprint density at radius 1 is 0.848 bits per heavy atom. The molecule has 5 nitrogen and oxygen atoms in total. The molecule has 0 saturated heterocycles. The molecule has 0 aromatic heterocycles. The van der Waals surface area contributed by atoms with Gasteiger partial charge in [-0.05, 0) is 47.2 Å². The number of carbonyl (C=O) groups excluding carboxylic acids is 1. The Morgan fingerprint density at radius 3 is 2.09 bits per heavy atom. The van der Waals surface area contributed by atoms with Crippen molar-refractivity contribution in [2.75, 3.05) is 5.32 Å². The molecule has 0 atom stereocenters. The van der Waals surface area contributed by atoms with Gasteiger partial charge in [0, 0.05) is 16.8 Å². The van der Waals surface area contributed by atoms with Crippen molar-refractivity contribution in [3.05, 3.63) is 89.0 Å². The first-order chi connectivity index (χ1) is 15.9. The summed E-state index contributed by atoms with van der Waals surface area (Å²) in [6, 6.07) is 20.1. The Hall–Kier alpha value is -3.44. The third-order valence-electron chi connectivity index (χ3n) is 6.36. The minimum atomic E-state index is -1.82. The summed E-state index contributed by atoms with van der Waals surface area (Å²) < 4.78 is 0. The molecule has 3 aromatic rings. The smallest absolute Gasteiger partial charge is 0.307 e. The van der Waals surface area contributed by atoms with E-state index in [0.717, 1.165) is 48.8 Å². The van der Waals surface area contributed by atoms with Crippen molar-refractivity contribution in [1.82, 2.24) is 0 Å². The van der Waals surface area contributed by atoms with Crippen LogP contribution in [0.5, 0.6) is 0 Å². The highest BCUT2D eigenvalue weighted by Gasteiger charge is 2.47. The van der Waals surface area contributed by atoms with Gasteiger partial charge < -0.3 is 15.5 Å². The van der Waals surface area contributed by atoms with Gasteiger partial charge in [-0.25, -0.2) is 0 Å². The molecule has 0 fully saturated rings. The van der Waals surface area contributed by atoms with Crippen LogP contribution in [0.2, 0.25) is 0 Å². The quantitative estimate of drug-likeness (QED) is 0.392. The van der Waals surface area contributed by atoms with Gasteiger partial charge >= 0.3 is 5.97 Å². The molecule has 1 aliphatic rings. The van der Waals surface area contributed by atoms with Crippen molar-refractivity contribution < 1.29 is 19.8 Å². The van der Waals surface area contributed by atoms with Gasteiger partial charge in [-0.15, -0.1) is 0 Å². The maximum Gasteiger partial charge on any atom is 0.307 e. The third-order valence-corrected chi connectivity index (χ3v) is 6.36. The first-order valence-corrected chi connectivity index (χ1v) is 11.5. The average molecular weight is 444 g/mol. The number of anilines is 1. The van der Waals surface area contributed by atoms with Gasteiger partial charge in [-0.3, -0.25) is 9.59 Å². The van der Waals surface area contributed by atoms with E-state index in [1.165, 1.54) is 0 Å². The van der Waals surface area contributed by atoms with Gasteiger partial charge in [0.25, 0.3) is 5.91 Å². The number of rotatable bonds is 9. The predicted octanol–water partition coefficient (Wildman–Crippen LogP) is 5.29. The first-order valence-electron chi connectivity index (χ1n) is 11.5. The number of benzene rings is 3. The van der Waals surface area contributed by atoms with Crippen molar-refractivity contribution >= 4 is 17.6 Å². The summed E-state index contributed by atoms with van der Waals surface area (Å²) in [6.45, 7) is 2.16. The van der Waals surface area contributed by atoms with E-state index in [1.54, 1.807) is 36.4 Å². The Labute approximate surface area is 194 Å². The number of unbranched alkanes of at least 4 members (excludes halogenated alkanes) is 3. The normalized spacial score (nSPS) is 13.3. The maximum absolute atomic E-state index is 13.4. The van der Waals surface area contributed by atoms with Gasteiger partial charge in [0.2, 0.25) is 0 Å². The molecule has 1 aliphatic carbocycles. The number of hydrogen-bond donors (Lipinski definition) is 3. The van der Waals surface area contributed by atoms with Crippen LogP contribution < -0.4 is 5.32 Å². The topological polar surface area (TPSA) is 86.6 Å². The van der Waals surface area contributed by atoms with Gasteiger partial charge in [0.15, 0.2) is 5.60 Å². The highest BCUT2D eigenvalue weighted by molar-refractivity contribution is 6.05. The molecule has 1 amide bonds. The van der Waals surface area contributed by atoms with Gasteiger partial charge in [0.1, 0.15) is 0 Å². The zero-order valence-corrected chi connectivity index (χ0v) is 18.8. The highest BCUT2D eigenvalue weighted by Crippen LogP contribution is 2.47. The number of aliphatic hydroxyl groups is 1. The van der Waals surface area contributed by atoms with Crippen LogP contribution in [-0.2, 0) is 28.0 Å². The zero-order valence-electron chi connectivity index (χ0n) is 18.8. The largest absolute Gasteiger partial charge is 0.481 e. The Kier molecular flexibility index (Phi) is 6.61. The lowest BCUT2D eigenvalue weighted by Crippen LogP contribution is -2.39. The van der Waals surface area contributed by atoms with E-state index in [2.05, 4.69) is 12.2 Å². The molecule has 0 heterocycles. The number of aryl methyl sites for hydroxylation is 1. The summed E-state index contributed by atoms with van der Waals surface area (Å²) >= 11 is 0. The van der Waals surface area contributed by atoms with Crippen molar-refractivity contribution in [1.29, 1.82) is 0 Å². The summed E-state index contributed by atoms with van der Waals surface area (Å²) in [4.78, 5) is 24.9. The van der Waals surface area contributed by atoms with Crippen LogP contribution in [0.1, 0.15) is 54.9 Å². The molecule has 0 saturated carbocycles. The molecular weight excluding hydrogens is 414 g/mol. The van der Waals surface area contributed by atoms with Crippen molar-refractivity contribution in [2.24, 2.45) is 0 Å². The van der Waals surface area contributed by atoms with Crippen LogP contribution in [0.25, 0.3) is 11.1 Å². The standard InChI is InChI=1S/C28H29NO4/c1-2-3-4-5-10-19-15-16-21(17-20(19)18-26(30)31)29-27(32)28(33)24-13-8-6-11-22(24)23-12-7-9-14-25(23)28/h6-9,11-17,33H,2-5,10,18H2,1H3,(H,29,32)(H,30,31). The molecule has 0 spiro atoms. The van der Waals surface area contributed by atoms with Crippen LogP contribution in [0.4, 0.5) is 5.69 Å². The lowest BCUT2D eigenvalue weighted by Gasteiger charge is -2.25. The minimum absolute atomic E-state index is 0.108. The number of fused-ring (bicyclic) bond motifs is 3. The summed E-state index contributed by atoms with van der Waals surface area (Å²) in [5, 5.41) is 23.9. The molecule has 3 aromatic carbocycles. The number of aliphatic carboxylic acids is 1. The van der Waals surface area contributed by atoms with E-state index >= 15 is 0 Å². The SMILES string of the molecule is CCCCCCc1ccc(NC(=O)C2(O)c3ccccc3-c3ccccc32)cc1CC(=O)O. The molecule has 0 unspecified atom stereocenters. The second-order valence-electron chi connectivity index (χ2n) is 8.62. The zero-order chi connectivity index (χ0) is 23.4. The second-order valence-corrected chi connectivity index (χ2v) is 8.62. The van der Waals surface area contributed by atoms with Gasteiger partial charge in [-0.2, -0.15) is 0 Å². The number of hydrogen-bond acceptors (Lipinski definition) is 3. The fraction of sp³-hybridized carbons (Fsp3) is 0.286. The maximum atomic E-state index is 13.4. The molecule has 33 heavy (non-hydrogen) atoms. The summed E-state index contributed by atoms with van der Waals surface area (Å²) in [7, 11) is 0. The summed E-state index contributed by atoms with van der Waals surface area (Å²) in [5.74, 6) is -1.47. The van der Waals surface area contributed by atoms with Crippen molar-refractivity contribution in [3.63, 3.8) is 0 Å². The lowest BCUT2D eigenvalue weighted by molar-refractivity contribution is -0.136. The van der Waals surface area contributed by atoms with Crippen molar-refractivity contribution in [3.8, 4) is 11.1 Å². The average Bonchev–Trinajstić information content (AvgIpc) is 3.08. The fourth-order valence-electron chi connectivity index (χ4n) is 4.70. The van der Waals surface area contributed by atoms with E-state index in [1.807, 2.05) is 30.3 Å². The van der Waals surface area contributed by atoms with Crippen molar-refractivity contribution in [2.45, 2.75) is 51.0 Å². The number of amides is 1. The molecule has 0 radical (unpaired) electrons. The number of carboxylic acid groups (broad SMARTS) is 1. The van der Waals surface area contributed by atoms with E-state index in [-0.39, 0.29) is 6.42 Å². The molecule has 3 N–H and O–H groups in total. The van der Waals surface area contributed by atoms with Crippen LogP contribution in [-0.4, -0.2) is 22.1 Å². The molecule has 170 valence electrons.